The summed E-state index contributed by atoms with van der Waals surface area (Å²) in [5, 5.41) is 0. The number of ketones is 1. The number of hydrogen-bond acceptors (Lipinski definition) is 5. The molecule has 2 aliphatic heterocycles. The number of Topliss-reactive ketones (excluding diaryl/α,β-unsaturated/α-hetero) is 1. The molecule has 0 unspecified atom stereocenters. The SMILES string of the molecule is CCCCCCOc1ccc(N2CCC(N3CCN(c4ccc(C(C)=O)cc4)CC3)CC2)cc1. The van der Waals surface area contributed by atoms with E-state index in [9.17, 15) is 4.79 Å². The maximum absolute atomic E-state index is 11.5. The average molecular weight is 464 g/mol. The van der Waals surface area contributed by atoms with Crippen LogP contribution in [0.4, 0.5) is 11.4 Å². The van der Waals surface area contributed by atoms with Crippen LogP contribution < -0.4 is 14.5 Å². The second kappa shape index (κ2) is 12.3. The maximum Gasteiger partial charge on any atom is 0.159 e. The molecule has 0 radical (unpaired) electrons. The molecular weight excluding hydrogens is 422 g/mol. The van der Waals surface area contributed by atoms with Crippen molar-refractivity contribution in [3.05, 3.63) is 54.1 Å². The van der Waals surface area contributed by atoms with E-state index in [0.717, 1.165) is 63.6 Å². The van der Waals surface area contributed by atoms with Crippen LogP contribution >= 0.6 is 0 Å². The fraction of sp³-hybridized carbons (Fsp3) is 0.552. The average Bonchev–Trinajstić information content (AvgIpc) is 2.89. The number of anilines is 2. The molecule has 0 saturated carbocycles. The topological polar surface area (TPSA) is 36.0 Å². The lowest BCUT2D eigenvalue weighted by Crippen LogP contribution is -2.53. The van der Waals surface area contributed by atoms with E-state index in [1.165, 1.54) is 43.5 Å². The smallest absolute Gasteiger partial charge is 0.159 e. The highest BCUT2D eigenvalue weighted by Crippen LogP contribution is 2.26. The molecule has 2 heterocycles. The molecular formula is C29H41N3O2. The Balaban J connectivity index is 1.19. The minimum Gasteiger partial charge on any atom is -0.494 e. The van der Waals surface area contributed by atoms with Crippen molar-refractivity contribution in [2.24, 2.45) is 0 Å². The van der Waals surface area contributed by atoms with E-state index in [0.29, 0.717) is 6.04 Å². The zero-order valence-corrected chi connectivity index (χ0v) is 21.0. The van der Waals surface area contributed by atoms with Gasteiger partial charge in [0, 0.05) is 62.2 Å². The monoisotopic (exact) mass is 463 g/mol. The van der Waals surface area contributed by atoms with Crippen molar-refractivity contribution >= 4 is 17.2 Å². The number of hydrogen-bond donors (Lipinski definition) is 0. The van der Waals surface area contributed by atoms with Gasteiger partial charge in [0.05, 0.1) is 6.61 Å². The molecule has 2 aromatic rings. The third-order valence-corrected chi connectivity index (χ3v) is 7.40. The Morgan fingerprint density at radius 3 is 1.97 bits per heavy atom. The lowest BCUT2D eigenvalue weighted by Gasteiger charge is -2.43. The van der Waals surface area contributed by atoms with E-state index in [1.54, 1.807) is 6.92 Å². The molecule has 0 aliphatic carbocycles. The summed E-state index contributed by atoms with van der Waals surface area (Å²) in [5.41, 5.74) is 3.34. The molecule has 0 N–H and O–H groups in total. The number of piperazine rings is 1. The summed E-state index contributed by atoms with van der Waals surface area (Å²) in [6, 6.07) is 17.5. The molecule has 5 nitrogen and oxygen atoms in total. The van der Waals surface area contributed by atoms with Crippen molar-refractivity contribution in [1.29, 1.82) is 0 Å². The first-order chi connectivity index (χ1) is 16.6. The molecule has 184 valence electrons. The minimum atomic E-state index is 0.129. The summed E-state index contributed by atoms with van der Waals surface area (Å²) < 4.78 is 5.90. The molecule has 2 aromatic carbocycles. The van der Waals surface area contributed by atoms with E-state index in [2.05, 4.69) is 58.0 Å². The van der Waals surface area contributed by atoms with Crippen LogP contribution in [0.2, 0.25) is 0 Å². The normalized spacial score (nSPS) is 17.7. The zero-order valence-electron chi connectivity index (χ0n) is 21.0. The van der Waals surface area contributed by atoms with Crippen LogP contribution in [0.1, 0.15) is 62.7 Å². The summed E-state index contributed by atoms with van der Waals surface area (Å²) >= 11 is 0. The second-order valence-electron chi connectivity index (χ2n) is 9.75. The lowest BCUT2D eigenvalue weighted by atomic mass is 10.0. The van der Waals surface area contributed by atoms with Crippen molar-refractivity contribution in [3.8, 4) is 5.75 Å². The number of carbonyl (C=O) groups excluding carboxylic acids is 1. The van der Waals surface area contributed by atoms with Crippen molar-refractivity contribution < 1.29 is 9.53 Å². The highest BCUT2D eigenvalue weighted by Gasteiger charge is 2.27. The van der Waals surface area contributed by atoms with Crippen LogP contribution in [-0.2, 0) is 0 Å². The summed E-state index contributed by atoms with van der Waals surface area (Å²) in [6.45, 7) is 11.3. The molecule has 2 aliphatic rings. The summed E-state index contributed by atoms with van der Waals surface area (Å²) in [5.74, 6) is 1.12. The van der Waals surface area contributed by atoms with Gasteiger partial charge in [-0.3, -0.25) is 9.69 Å². The van der Waals surface area contributed by atoms with Crippen molar-refractivity contribution in [1.82, 2.24) is 4.90 Å². The third-order valence-electron chi connectivity index (χ3n) is 7.40. The van der Waals surface area contributed by atoms with Crippen LogP contribution in [0.25, 0.3) is 0 Å². The van der Waals surface area contributed by atoms with E-state index in [4.69, 9.17) is 4.74 Å². The Hall–Kier alpha value is -2.53. The number of rotatable bonds is 10. The van der Waals surface area contributed by atoms with E-state index >= 15 is 0 Å². The quantitative estimate of drug-likeness (QED) is 0.337. The fourth-order valence-electron chi connectivity index (χ4n) is 5.21. The Labute approximate surface area is 205 Å². The van der Waals surface area contributed by atoms with Crippen LogP contribution in [0.5, 0.6) is 5.75 Å². The van der Waals surface area contributed by atoms with Gasteiger partial charge in [-0.05, 0) is 74.7 Å². The zero-order chi connectivity index (χ0) is 23.8. The third kappa shape index (κ3) is 6.53. The van der Waals surface area contributed by atoms with Gasteiger partial charge in [0.2, 0.25) is 0 Å². The highest BCUT2D eigenvalue weighted by molar-refractivity contribution is 5.94. The number of nitrogens with zero attached hydrogens (tertiary/aromatic N) is 3. The van der Waals surface area contributed by atoms with Gasteiger partial charge in [-0.1, -0.05) is 26.2 Å². The minimum absolute atomic E-state index is 0.129. The Morgan fingerprint density at radius 2 is 1.38 bits per heavy atom. The standard InChI is InChI=1S/C29H41N3O2/c1-3-4-5-6-23-34-29-13-11-27(12-14-29)30-17-15-28(16-18-30)32-21-19-31(20-22-32)26-9-7-25(8-10-26)24(2)33/h7-14,28H,3-6,15-23H2,1-2H3. The van der Waals surface area contributed by atoms with Gasteiger partial charge in [0.25, 0.3) is 0 Å². The molecule has 34 heavy (non-hydrogen) atoms. The van der Waals surface area contributed by atoms with Crippen molar-refractivity contribution in [2.75, 3.05) is 55.7 Å². The van der Waals surface area contributed by atoms with Gasteiger partial charge in [-0.2, -0.15) is 0 Å². The first kappa shape index (κ1) is 24.6. The maximum atomic E-state index is 11.5. The van der Waals surface area contributed by atoms with E-state index < -0.39 is 0 Å². The summed E-state index contributed by atoms with van der Waals surface area (Å²) in [7, 11) is 0. The predicted molar refractivity (Wildman–Crippen MR) is 142 cm³/mol. The molecule has 0 aromatic heterocycles. The second-order valence-corrected chi connectivity index (χ2v) is 9.75. The van der Waals surface area contributed by atoms with Gasteiger partial charge in [-0.25, -0.2) is 0 Å². The van der Waals surface area contributed by atoms with Gasteiger partial charge in [0.15, 0.2) is 5.78 Å². The molecule has 5 heteroatoms. The van der Waals surface area contributed by atoms with Crippen LogP contribution in [-0.4, -0.2) is 62.6 Å². The van der Waals surface area contributed by atoms with Crippen LogP contribution in [0.15, 0.2) is 48.5 Å². The number of carbonyl (C=O) groups is 1. The van der Waals surface area contributed by atoms with Crippen molar-refractivity contribution in [2.45, 2.75) is 58.4 Å². The first-order valence-corrected chi connectivity index (χ1v) is 13.2. The molecule has 2 fully saturated rings. The summed E-state index contributed by atoms with van der Waals surface area (Å²) in [6.07, 6.45) is 7.41. The molecule has 0 amide bonds. The van der Waals surface area contributed by atoms with Gasteiger partial charge in [0.1, 0.15) is 5.75 Å². The van der Waals surface area contributed by atoms with Gasteiger partial charge >= 0.3 is 0 Å². The number of piperidine rings is 1. The highest BCUT2D eigenvalue weighted by atomic mass is 16.5. The summed E-state index contributed by atoms with van der Waals surface area (Å²) in [4.78, 5) is 19.2. The Morgan fingerprint density at radius 1 is 0.794 bits per heavy atom. The Kier molecular flexibility index (Phi) is 8.86. The van der Waals surface area contributed by atoms with E-state index in [1.807, 2.05) is 12.1 Å². The lowest BCUT2D eigenvalue weighted by molar-refractivity contribution is 0.101. The predicted octanol–water partition coefficient (Wildman–Crippen LogP) is 5.64. The van der Waals surface area contributed by atoms with Crippen molar-refractivity contribution in [3.63, 3.8) is 0 Å². The molecule has 2 saturated heterocycles. The van der Waals surface area contributed by atoms with Gasteiger partial charge < -0.3 is 14.5 Å². The largest absolute Gasteiger partial charge is 0.494 e. The molecule has 0 spiro atoms. The molecule has 4 rings (SSSR count). The fourth-order valence-corrected chi connectivity index (χ4v) is 5.21. The van der Waals surface area contributed by atoms with E-state index in [-0.39, 0.29) is 5.78 Å². The van der Waals surface area contributed by atoms with Gasteiger partial charge in [-0.15, -0.1) is 0 Å². The van der Waals surface area contributed by atoms with Crippen LogP contribution in [0, 0.1) is 0 Å². The number of benzene rings is 2. The number of ether oxygens (including phenoxy) is 1. The Bertz CT molecular complexity index is 881. The molecule has 0 bridgehead atoms. The van der Waals surface area contributed by atoms with Crippen LogP contribution in [0.3, 0.4) is 0 Å². The number of unbranched alkanes of at least 4 members (excludes halogenated alkanes) is 3. The first-order valence-electron chi connectivity index (χ1n) is 13.2. The molecule has 0 atom stereocenters.